The number of hydrogen-bond donors (Lipinski definition) is 1. The van der Waals surface area contributed by atoms with Crippen LogP contribution in [0.15, 0.2) is 65.8 Å². The van der Waals surface area contributed by atoms with E-state index in [4.69, 9.17) is 9.47 Å². The van der Waals surface area contributed by atoms with Gasteiger partial charge in [-0.05, 0) is 23.8 Å². The van der Waals surface area contributed by atoms with Crippen molar-refractivity contribution in [2.75, 3.05) is 31.1 Å². The van der Waals surface area contributed by atoms with Crippen molar-refractivity contribution < 1.29 is 32.7 Å². The number of amides is 1. The zero-order valence-corrected chi connectivity index (χ0v) is 22.5. The average molecular weight is 581 g/mol. The Kier molecular flexibility index (Phi) is 6.46. The molecule has 0 spiro atoms. The van der Waals surface area contributed by atoms with Gasteiger partial charge in [0.15, 0.2) is 10.5 Å². The van der Waals surface area contributed by atoms with E-state index >= 15 is 0 Å². The third kappa shape index (κ3) is 4.58. The fourth-order valence-electron chi connectivity index (χ4n) is 5.23. The summed E-state index contributed by atoms with van der Waals surface area (Å²) >= 11 is 0. The van der Waals surface area contributed by atoms with Crippen LogP contribution in [0.5, 0.6) is 11.6 Å². The van der Waals surface area contributed by atoms with Gasteiger partial charge < -0.3 is 19.5 Å². The third-order valence-electron chi connectivity index (χ3n) is 7.21. The summed E-state index contributed by atoms with van der Waals surface area (Å²) in [5, 5.41) is 26.8. The molecule has 41 heavy (non-hydrogen) atoms. The van der Waals surface area contributed by atoms with Crippen LogP contribution in [-0.4, -0.2) is 82.8 Å². The number of carbonyl (C=O) groups excluding carboxylic acids is 1. The monoisotopic (exact) mass is 580 g/mol. The van der Waals surface area contributed by atoms with Gasteiger partial charge in [0.25, 0.3) is 21.6 Å². The first-order valence-corrected chi connectivity index (χ1v) is 14.0. The second-order valence-electron chi connectivity index (χ2n) is 9.59. The minimum absolute atomic E-state index is 0.0356. The standard InChI is InChI=1S/C26H24N6O8S/c1-39-22-13-18-15-40-24-6-7-30-25(28-24)20(14-27-30)16-10-17(12-19(33)11-16)31(9-8-29(18)26(22)34)41(37,38)23-5-3-2-4-21(23)32(35)36/h2-7,10-12,14,18,22,33H,8-9,13,15H2,1H3/t18-,22+/m0/s1. The summed E-state index contributed by atoms with van der Waals surface area (Å²) in [4.78, 5) is 29.7. The van der Waals surface area contributed by atoms with Crippen LogP contribution in [0.25, 0.3) is 16.8 Å². The molecule has 1 saturated heterocycles. The lowest BCUT2D eigenvalue weighted by molar-refractivity contribution is -0.387. The van der Waals surface area contributed by atoms with E-state index in [1.54, 1.807) is 12.3 Å². The van der Waals surface area contributed by atoms with Crippen molar-refractivity contribution in [2.24, 2.45) is 0 Å². The second-order valence-corrected chi connectivity index (χ2v) is 11.4. The number of phenols is 1. The van der Waals surface area contributed by atoms with Crippen LogP contribution >= 0.6 is 0 Å². The number of hydrogen-bond acceptors (Lipinski definition) is 10. The van der Waals surface area contributed by atoms with Gasteiger partial charge in [-0.1, -0.05) is 12.1 Å². The quantitative estimate of drug-likeness (QED) is 0.279. The molecule has 0 aliphatic carbocycles. The summed E-state index contributed by atoms with van der Waals surface area (Å²) < 4.78 is 42.0. The molecule has 1 fully saturated rings. The molecular weight excluding hydrogens is 556 g/mol. The summed E-state index contributed by atoms with van der Waals surface area (Å²) in [6, 6.07) is 10.4. The maximum atomic E-state index is 14.1. The topological polar surface area (TPSA) is 170 Å². The summed E-state index contributed by atoms with van der Waals surface area (Å²) in [5.41, 5.74) is 0.709. The summed E-state index contributed by atoms with van der Waals surface area (Å²) in [7, 11) is -3.15. The minimum Gasteiger partial charge on any atom is -0.508 e. The van der Waals surface area contributed by atoms with Gasteiger partial charge in [0, 0.05) is 50.0 Å². The number of phenolic OH excluding ortho intramolecular Hbond substituents is 1. The number of nitro groups is 1. The van der Waals surface area contributed by atoms with E-state index in [0.29, 0.717) is 29.1 Å². The number of anilines is 1. The molecule has 2 aliphatic rings. The number of fused-ring (bicyclic) bond motifs is 5. The van der Waals surface area contributed by atoms with Crippen molar-refractivity contribution in [2.45, 2.75) is 23.5 Å². The van der Waals surface area contributed by atoms with Crippen molar-refractivity contribution in [1.29, 1.82) is 0 Å². The van der Waals surface area contributed by atoms with Crippen LogP contribution in [-0.2, 0) is 19.6 Å². The van der Waals surface area contributed by atoms with Crippen molar-refractivity contribution >= 4 is 33.0 Å². The molecule has 2 aromatic carbocycles. The van der Waals surface area contributed by atoms with E-state index in [1.807, 2.05) is 0 Å². The Morgan fingerprint density at radius 2 is 1.98 bits per heavy atom. The molecule has 0 unspecified atom stereocenters. The highest BCUT2D eigenvalue weighted by Crippen LogP contribution is 2.36. The molecule has 0 saturated carbocycles. The van der Waals surface area contributed by atoms with Gasteiger partial charge in [-0.15, -0.1) is 0 Å². The highest BCUT2D eigenvalue weighted by molar-refractivity contribution is 7.93. The molecule has 1 N–H and O–H groups in total. The average Bonchev–Trinajstić information content (AvgIpc) is 3.51. The number of benzene rings is 2. The smallest absolute Gasteiger partial charge is 0.289 e. The first kappa shape index (κ1) is 26.5. The number of para-hydroxylation sites is 1. The number of methoxy groups -OCH3 is 1. The molecule has 2 aliphatic heterocycles. The molecular formula is C26H24N6O8S. The predicted molar refractivity (Wildman–Crippen MR) is 144 cm³/mol. The maximum absolute atomic E-state index is 14.1. The number of aromatic nitrogens is 3. The Bertz CT molecular complexity index is 1790. The number of nitrogens with zero attached hydrogens (tertiary/aromatic N) is 6. The Balaban J connectivity index is 1.55. The van der Waals surface area contributed by atoms with E-state index in [9.17, 15) is 28.4 Å². The molecule has 15 heteroatoms. The van der Waals surface area contributed by atoms with Gasteiger partial charge >= 0.3 is 0 Å². The zero-order chi connectivity index (χ0) is 28.9. The van der Waals surface area contributed by atoms with E-state index in [0.717, 1.165) is 16.4 Å². The van der Waals surface area contributed by atoms with Crippen LogP contribution in [0.1, 0.15) is 6.42 Å². The van der Waals surface area contributed by atoms with Gasteiger partial charge in [0.2, 0.25) is 5.88 Å². The zero-order valence-electron chi connectivity index (χ0n) is 21.7. The normalized spacial score (nSPS) is 19.2. The van der Waals surface area contributed by atoms with Gasteiger partial charge in [-0.2, -0.15) is 10.1 Å². The minimum atomic E-state index is -4.57. The number of rotatable bonds is 4. The molecule has 2 atom stereocenters. The molecule has 0 radical (unpaired) electrons. The first-order valence-electron chi connectivity index (χ1n) is 12.6. The third-order valence-corrected chi connectivity index (χ3v) is 9.09. The Morgan fingerprint density at radius 1 is 1.17 bits per heavy atom. The summed E-state index contributed by atoms with van der Waals surface area (Å²) in [6.07, 6.45) is 2.74. The second kappa shape index (κ2) is 10.0. The summed E-state index contributed by atoms with van der Waals surface area (Å²) in [6.45, 7) is -0.285. The van der Waals surface area contributed by atoms with E-state index in [2.05, 4.69) is 10.1 Å². The molecule has 2 aromatic heterocycles. The van der Waals surface area contributed by atoms with Crippen LogP contribution in [0.4, 0.5) is 11.4 Å². The number of aromatic hydroxyl groups is 1. The highest BCUT2D eigenvalue weighted by atomic mass is 32.2. The Labute approximate surface area is 233 Å². The van der Waals surface area contributed by atoms with Crippen molar-refractivity contribution in [3.8, 4) is 22.8 Å². The van der Waals surface area contributed by atoms with Gasteiger partial charge in [0.1, 0.15) is 18.5 Å². The van der Waals surface area contributed by atoms with E-state index in [1.165, 1.54) is 53.1 Å². The molecule has 4 aromatic rings. The van der Waals surface area contributed by atoms with E-state index in [-0.39, 0.29) is 37.0 Å². The lowest BCUT2D eigenvalue weighted by Gasteiger charge is -2.30. The lowest BCUT2D eigenvalue weighted by Crippen LogP contribution is -2.44. The molecule has 4 heterocycles. The summed E-state index contributed by atoms with van der Waals surface area (Å²) in [5.74, 6) is -0.298. The fourth-order valence-corrected chi connectivity index (χ4v) is 6.83. The van der Waals surface area contributed by atoms with Gasteiger partial charge in [0.05, 0.1) is 29.4 Å². The number of carbonyl (C=O) groups is 1. The van der Waals surface area contributed by atoms with E-state index < -0.39 is 37.7 Å². The van der Waals surface area contributed by atoms with Crippen LogP contribution in [0, 0.1) is 10.1 Å². The Hall–Kier alpha value is -4.76. The SMILES string of the molecule is CO[C@@H]1C[C@H]2COc3ccn4ncc(c4n3)-c3cc(O)cc(c3)N(S(=O)(=O)c3ccccc3[N+](=O)[O-])CCN2C1=O. The Morgan fingerprint density at radius 3 is 2.76 bits per heavy atom. The van der Waals surface area contributed by atoms with Crippen LogP contribution < -0.4 is 9.04 Å². The maximum Gasteiger partial charge on any atom is 0.289 e. The number of nitro benzene ring substituents is 1. The predicted octanol–water partition coefficient (Wildman–Crippen LogP) is 2.21. The van der Waals surface area contributed by atoms with Crippen LogP contribution in [0.2, 0.25) is 0 Å². The first-order chi connectivity index (χ1) is 19.7. The van der Waals surface area contributed by atoms with Crippen molar-refractivity contribution in [1.82, 2.24) is 19.5 Å². The number of ether oxygens (including phenoxy) is 2. The number of sulfonamides is 1. The lowest BCUT2D eigenvalue weighted by atomic mass is 10.1. The van der Waals surface area contributed by atoms with Gasteiger partial charge in [-0.25, -0.2) is 12.9 Å². The molecule has 212 valence electrons. The molecule has 4 bridgehead atoms. The highest BCUT2D eigenvalue weighted by Gasteiger charge is 2.41. The molecule has 1 amide bonds. The fraction of sp³-hybridized carbons (Fsp3) is 0.269. The molecule has 14 nitrogen and oxygen atoms in total. The van der Waals surface area contributed by atoms with Crippen molar-refractivity contribution in [3.63, 3.8) is 0 Å². The molecule has 6 rings (SSSR count). The van der Waals surface area contributed by atoms with Gasteiger partial charge in [-0.3, -0.25) is 19.2 Å². The van der Waals surface area contributed by atoms with Crippen molar-refractivity contribution in [3.05, 3.63) is 71.0 Å². The largest absolute Gasteiger partial charge is 0.508 e. The van der Waals surface area contributed by atoms with Crippen LogP contribution in [0.3, 0.4) is 0 Å².